The van der Waals surface area contributed by atoms with E-state index < -0.39 is 33.3 Å². The number of carbonyl (C=O) groups excluding carboxylic acids is 1. The van der Waals surface area contributed by atoms with Crippen molar-refractivity contribution in [3.8, 4) is 0 Å². The zero-order valence-corrected chi connectivity index (χ0v) is 18.0. The third-order valence-corrected chi connectivity index (χ3v) is 6.14. The Hall–Kier alpha value is -3.41. The second-order valence-electron chi connectivity index (χ2n) is 7.60. The molecule has 2 aromatic carbocycles. The van der Waals surface area contributed by atoms with Crippen molar-refractivity contribution in [1.82, 2.24) is 14.9 Å². The normalized spacial score (nSPS) is 14.2. The van der Waals surface area contributed by atoms with Gasteiger partial charge in [0, 0.05) is 36.9 Å². The van der Waals surface area contributed by atoms with Crippen LogP contribution in [0.15, 0.2) is 47.8 Å². The van der Waals surface area contributed by atoms with Gasteiger partial charge in [0.1, 0.15) is 11.5 Å². The van der Waals surface area contributed by atoms with Crippen molar-refractivity contribution in [2.45, 2.75) is 24.3 Å². The standard InChI is InChI=1S/C21H18F4N4O3S/c1-33(31,32)20-26-10-18(28-20)19(30)29-8-7-14-12(11-29)3-2-4-17(14)27-13-5-6-15(16(22)9-13)21(23,24)25/h2-6,9-10,27H,7-8,11H2,1H3,(H,26,28). The number of imidazole rings is 1. The lowest BCUT2D eigenvalue weighted by molar-refractivity contribution is -0.139. The highest BCUT2D eigenvalue weighted by Gasteiger charge is 2.34. The number of fused-ring (bicyclic) bond motifs is 1. The van der Waals surface area contributed by atoms with E-state index in [1.54, 1.807) is 18.2 Å². The van der Waals surface area contributed by atoms with Gasteiger partial charge in [-0.2, -0.15) is 13.2 Å². The van der Waals surface area contributed by atoms with Crippen LogP contribution >= 0.6 is 0 Å². The smallest absolute Gasteiger partial charge is 0.355 e. The molecule has 1 aliphatic rings. The lowest BCUT2D eigenvalue weighted by atomic mass is 9.97. The van der Waals surface area contributed by atoms with Gasteiger partial charge in [-0.05, 0) is 41.8 Å². The number of aromatic amines is 1. The first-order valence-electron chi connectivity index (χ1n) is 9.73. The third-order valence-electron chi connectivity index (χ3n) is 5.23. The molecule has 12 heteroatoms. The third kappa shape index (κ3) is 4.70. The van der Waals surface area contributed by atoms with Crippen LogP contribution < -0.4 is 5.32 Å². The SMILES string of the molecule is CS(=O)(=O)c1nc(C(=O)N2CCc3c(cccc3Nc3ccc(C(F)(F)F)c(F)c3)C2)c[nH]1. The number of aromatic nitrogens is 2. The molecule has 1 aromatic heterocycles. The Morgan fingerprint density at radius 3 is 2.61 bits per heavy atom. The van der Waals surface area contributed by atoms with Crippen molar-refractivity contribution in [1.29, 1.82) is 0 Å². The minimum absolute atomic E-state index is 0.0200. The van der Waals surface area contributed by atoms with Crippen LogP contribution in [0.5, 0.6) is 0 Å². The van der Waals surface area contributed by atoms with Crippen LogP contribution in [-0.4, -0.2) is 42.0 Å². The number of anilines is 2. The topological polar surface area (TPSA) is 95.2 Å². The second kappa shape index (κ2) is 8.18. The molecule has 33 heavy (non-hydrogen) atoms. The summed E-state index contributed by atoms with van der Waals surface area (Å²) in [6.07, 6.45) is -2.13. The van der Waals surface area contributed by atoms with Crippen LogP contribution in [0.4, 0.5) is 28.9 Å². The summed E-state index contributed by atoms with van der Waals surface area (Å²) in [7, 11) is -3.58. The summed E-state index contributed by atoms with van der Waals surface area (Å²) in [6.45, 7) is 0.541. The molecule has 0 spiro atoms. The van der Waals surface area contributed by atoms with E-state index in [1.165, 1.54) is 11.1 Å². The Kier molecular flexibility index (Phi) is 5.64. The maximum atomic E-state index is 13.9. The number of carbonyl (C=O) groups is 1. The van der Waals surface area contributed by atoms with E-state index in [2.05, 4.69) is 15.3 Å². The summed E-state index contributed by atoms with van der Waals surface area (Å²) < 4.78 is 75.4. The van der Waals surface area contributed by atoms with Crippen molar-refractivity contribution in [3.63, 3.8) is 0 Å². The van der Waals surface area contributed by atoms with E-state index in [1.807, 2.05) is 0 Å². The predicted molar refractivity (Wildman–Crippen MR) is 111 cm³/mol. The van der Waals surface area contributed by atoms with Gasteiger partial charge in [0.25, 0.3) is 5.91 Å². The quantitative estimate of drug-likeness (QED) is 0.550. The molecule has 3 aromatic rings. The Labute approximate surface area is 186 Å². The number of rotatable bonds is 4. The molecule has 0 atom stereocenters. The van der Waals surface area contributed by atoms with Crippen molar-refractivity contribution >= 4 is 27.1 Å². The molecule has 0 unspecified atom stereocenters. The largest absolute Gasteiger partial charge is 0.419 e. The fourth-order valence-electron chi connectivity index (χ4n) is 3.64. The predicted octanol–water partition coefficient (Wildman–Crippen LogP) is 3.91. The van der Waals surface area contributed by atoms with E-state index >= 15 is 0 Å². The molecular formula is C21H18F4N4O3S. The second-order valence-corrected chi connectivity index (χ2v) is 9.53. The van der Waals surface area contributed by atoms with E-state index in [-0.39, 0.29) is 23.1 Å². The van der Waals surface area contributed by atoms with Crippen LogP contribution in [0.3, 0.4) is 0 Å². The molecule has 0 fully saturated rings. The maximum absolute atomic E-state index is 13.9. The van der Waals surface area contributed by atoms with Crippen LogP contribution in [0, 0.1) is 5.82 Å². The number of nitrogens with zero attached hydrogens (tertiary/aromatic N) is 2. The summed E-state index contributed by atoms with van der Waals surface area (Å²) >= 11 is 0. The molecule has 7 nitrogen and oxygen atoms in total. The van der Waals surface area contributed by atoms with Gasteiger partial charge < -0.3 is 15.2 Å². The molecule has 0 saturated heterocycles. The maximum Gasteiger partial charge on any atom is 0.419 e. The van der Waals surface area contributed by atoms with Crippen LogP contribution in [0.25, 0.3) is 0 Å². The number of hydrogen-bond acceptors (Lipinski definition) is 5. The number of nitrogens with one attached hydrogen (secondary N) is 2. The summed E-state index contributed by atoms with van der Waals surface area (Å²) in [4.78, 5) is 20.6. The van der Waals surface area contributed by atoms with Crippen molar-refractivity contribution in [2.75, 3.05) is 18.1 Å². The molecule has 1 amide bonds. The minimum atomic E-state index is -4.78. The highest BCUT2D eigenvalue weighted by molar-refractivity contribution is 7.90. The van der Waals surface area contributed by atoms with Gasteiger partial charge in [0.15, 0.2) is 0 Å². The number of amides is 1. The first kappa shape index (κ1) is 22.8. The van der Waals surface area contributed by atoms with Gasteiger partial charge in [-0.25, -0.2) is 17.8 Å². The Morgan fingerprint density at radius 2 is 1.97 bits per heavy atom. The number of H-pyrrole nitrogens is 1. The highest BCUT2D eigenvalue weighted by atomic mass is 32.2. The molecular weight excluding hydrogens is 464 g/mol. The molecule has 174 valence electrons. The molecule has 1 aliphatic heterocycles. The molecule has 0 radical (unpaired) electrons. The van der Waals surface area contributed by atoms with Gasteiger partial charge in [-0.15, -0.1) is 0 Å². The van der Waals surface area contributed by atoms with Gasteiger partial charge >= 0.3 is 6.18 Å². The molecule has 4 rings (SSSR count). The van der Waals surface area contributed by atoms with Gasteiger partial charge in [0.2, 0.25) is 15.0 Å². The number of alkyl halides is 3. The fraction of sp³-hybridized carbons (Fsp3) is 0.238. The minimum Gasteiger partial charge on any atom is -0.355 e. The average Bonchev–Trinajstić information content (AvgIpc) is 3.23. The van der Waals surface area contributed by atoms with Gasteiger partial charge in [-0.1, -0.05) is 12.1 Å². The zero-order chi connectivity index (χ0) is 24.0. The monoisotopic (exact) mass is 482 g/mol. The van der Waals surface area contributed by atoms with Crippen molar-refractivity contribution < 1.29 is 30.8 Å². The zero-order valence-electron chi connectivity index (χ0n) is 17.2. The lowest BCUT2D eigenvalue weighted by Gasteiger charge is -2.30. The number of benzene rings is 2. The van der Waals surface area contributed by atoms with E-state index in [0.717, 1.165) is 29.5 Å². The van der Waals surface area contributed by atoms with Gasteiger partial charge in [-0.3, -0.25) is 4.79 Å². The van der Waals surface area contributed by atoms with E-state index in [9.17, 15) is 30.8 Å². The Morgan fingerprint density at radius 1 is 1.21 bits per heavy atom. The van der Waals surface area contributed by atoms with Crippen LogP contribution in [0.2, 0.25) is 0 Å². The Bertz CT molecular complexity index is 1340. The highest BCUT2D eigenvalue weighted by Crippen LogP contribution is 2.34. The molecule has 0 bridgehead atoms. The Balaban J connectivity index is 1.53. The summed E-state index contributed by atoms with van der Waals surface area (Å²) in [5.74, 6) is -1.81. The van der Waals surface area contributed by atoms with Crippen LogP contribution in [0.1, 0.15) is 27.2 Å². The number of halogens is 4. The lowest BCUT2D eigenvalue weighted by Crippen LogP contribution is -2.36. The summed E-state index contributed by atoms with van der Waals surface area (Å²) in [5.41, 5.74) is 1.05. The van der Waals surface area contributed by atoms with Crippen LogP contribution in [-0.2, 0) is 29.0 Å². The van der Waals surface area contributed by atoms with Crippen molar-refractivity contribution in [3.05, 3.63) is 70.8 Å². The molecule has 0 saturated carbocycles. The fourth-order valence-corrected chi connectivity index (χ4v) is 4.18. The summed E-state index contributed by atoms with van der Waals surface area (Å²) in [5, 5.41) is 2.66. The van der Waals surface area contributed by atoms with E-state index in [4.69, 9.17) is 0 Å². The van der Waals surface area contributed by atoms with E-state index in [0.29, 0.717) is 24.7 Å². The number of sulfone groups is 1. The van der Waals surface area contributed by atoms with Crippen molar-refractivity contribution in [2.24, 2.45) is 0 Å². The molecule has 2 heterocycles. The number of hydrogen-bond donors (Lipinski definition) is 2. The average molecular weight is 482 g/mol. The first-order chi connectivity index (χ1) is 15.4. The first-order valence-corrected chi connectivity index (χ1v) is 11.6. The molecule has 2 N–H and O–H groups in total. The van der Waals surface area contributed by atoms with Gasteiger partial charge in [0.05, 0.1) is 5.56 Å². The summed E-state index contributed by atoms with van der Waals surface area (Å²) in [6, 6.07) is 7.87. The molecule has 0 aliphatic carbocycles.